The molecule has 16 heavy (non-hydrogen) atoms. The lowest BCUT2D eigenvalue weighted by Crippen LogP contribution is -2.49. The Morgan fingerprint density at radius 1 is 1.69 bits per heavy atom. The first-order valence-corrected chi connectivity index (χ1v) is 5.91. The summed E-state index contributed by atoms with van der Waals surface area (Å²) in [6, 6.07) is -0.486. The lowest BCUT2D eigenvalue weighted by molar-refractivity contribution is -0.140. The van der Waals surface area contributed by atoms with Crippen molar-refractivity contribution in [2.75, 3.05) is 33.3 Å². The Hall–Kier alpha value is -0.650. The monoisotopic (exact) mass is 230 g/mol. The average molecular weight is 230 g/mol. The van der Waals surface area contributed by atoms with Crippen LogP contribution in [0.2, 0.25) is 0 Å². The van der Waals surface area contributed by atoms with Gasteiger partial charge in [-0.1, -0.05) is 0 Å². The highest BCUT2D eigenvalue weighted by Crippen LogP contribution is 2.13. The average Bonchev–Trinajstić information content (AvgIpc) is 2.26. The molecule has 0 spiro atoms. The van der Waals surface area contributed by atoms with Crippen molar-refractivity contribution in [3.8, 4) is 0 Å². The van der Waals surface area contributed by atoms with Crippen molar-refractivity contribution in [1.82, 2.24) is 10.2 Å². The molecule has 0 aromatic rings. The van der Waals surface area contributed by atoms with Gasteiger partial charge in [-0.15, -0.1) is 0 Å². The second-order valence-electron chi connectivity index (χ2n) is 4.16. The maximum absolute atomic E-state index is 10.9. The van der Waals surface area contributed by atoms with Crippen LogP contribution in [0.1, 0.15) is 19.8 Å². The molecule has 5 nitrogen and oxygen atoms in total. The van der Waals surface area contributed by atoms with Gasteiger partial charge in [0.05, 0.1) is 6.10 Å². The highest BCUT2D eigenvalue weighted by atomic mass is 16.5. The van der Waals surface area contributed by atoms with E-state index in [0.717, 1.165) is 32.5 Å². The molecule has 0 amide bonds. The lowest BCUT2D eigenvalue weighted by Gasteiger charge is -2.33. The molecule has 2 unspecified atom stereocenters. The van der Waals surface area contributed by atoms with Crippen molar-refractivity contribution in [2.45, 2.75) is 31.9 Å². The zero-order valence-electron chi connectivity index (χ0n) is 10.1. The van der Waals surface area contributed by atoms with Crippen LogP contribution in [-0.2, 0) is 9.53 Å². The fourth-order valence-corrected chi connectivity index (χ4v) is 2.10. The molecule has 2 N–H and O–H groups in total. The van der Waals surface area contributed by atoms with E-state index in [9.17, 15) is 4.79 Å². The van der Waals surface area contributed by atoms with Crippen molar-refractivity contribution >= 4 is 5.97 Å². The van der Waals surface area contributed by atoms with Gasteiger partial charge in [0.25, 0.3) is 0 Å². The summed E-state index contributed by atoms with van der Waals surface area (Å²) in [5.41, 5.74) is 0. The zero-order valence-corrected chi connectivity index (χ0v) is 10.1. The Labute approximate surface area is 96.8 Å². The summed E-state index contributed by atoms with van der Waals surface area (Å²) in [6.45, 7) is 5.09. The van der Waals surface area contributed by atoms with Gasteiger partial charge in [-0.25, -0.2) is 0 Å². The van der Waals surface area contributed by atoms with Gasteiger partial charge in [0, 0.05) is 19.7 Å². The van der Waals surface area contributed by atoms with Gasteiger partial charge in [-0.3, -0.25) is 9.69 Å². The summed E-state index contributed by atoms with van der Waals surface area (Å²) in [7, 11) is 1.68. The van der Waals surface area contributed by atoms with Crippen LogP contribution in [0.15, 0.2) is 0 Å². The van der Waals surface area contributed by atoms with Crippen LogP contribution in [0.5, 0.6) is 0 Å². The SMILES string of the molecule is CCOC1CCCN(CC(NC)C(=O)O)C1. The van der Waals surface area contributed by atoms with E-state index in [1.807, 2.05) is 6.92 Å². The van der Waals surface area contributed by atoms with Crippen molar-refractivity contribution in [3.05, 3.63) is 0 Å². The molecular weight excluding hydrogens is 208 g/mol. The van der Waals surface area contributed by atoms with Crippen molar-refractivity contribution in [2.24, 2.45) is 0 Å². The topological polar surface area (TPSA) is 61.8 Å². The van der Waals surface area contributed by atoms with Gasteiger partial charge < -0.3 is 15.2 Å². The number of nitrogens with zero attached hydrogens (tertiary/aromatic N) is 1. The fourth-order valence-electron chi connectivity index (χ4n) is 2.10. The minimum Gasteiger partial charge on any atom is -0.480 e. The molecular formula is C11H22N2O3. The third-order valence-corrected chi connectivity index (χ3v) is 2.95. The van der Waals surface area contributed by atoms with Gasteiger partial charge in [-0.2, -0.15) is 0 Å². The second-order valence-corrected chi connectivity index (χ2v) is 4.16. The predicted molar refractivity (Wildman–Crippen MR) is 61.6 cm³/mol. The summed E-state index contributed by atoms with van der Waals surface area (Å²) >= 11 is 0. The number of carboxylic acids is 1. The largest absolute Gasteiger partial charge is 0.480 e. The Bertz CT molecular complexity index is 221. The van der Waals surface area contributed by atoms with Gasteiger partial charge in [0.2, 0.25) is 0 Å². The maximum Gasteiger partial charge on any atom is 0.322 e. The summed E-state index contributed by atoms with van der Waals surface area (Å²) in [5, 5.41) is 11.8. The molecule has 1 heterocycles. The Kier molecular flexibility index (Phi) is 5.73. The number of aliphatic carboxylic acids is 1. The van der Waals surface area contributed by atoms with Crippen LogP contribution in [0.25, 0.3) is 0 Å². The summed E-state index contributed by atoms with van der Waals surface area (Å²) in [4.78, 5) is 13.1. The molecule has 0 aromatic heterocycles. The van der Waals surface area contributed by atoms with Crippen molar-refractivity contribution < 1.29 is 14.6 Å². The lowest BCUT2D eigenvalue weighted by atomic mass is 10.1. The van der Waals surface area contributed by atoms with Gasteiger partial charge >= 0.3 is 5.97 Å². The molecule has 0 bridgehead atoms. The van der Waals surface area contributed by atoms with Crippen LogP contribution in [0.3, 0.4) is 0 Å². The molecule has 1 aliphatic heterocycles. The number of carboxylic acid groups (broad SMARTS) is 1. The number of hydrogen-bond acceptors (Lipinski definition) is 4. The molecule has 5 heteroatoms. The van der Waals surface area contributed by atoms with E-state index < -0.39 is 12.0 Å². The Balaban J connectivity index is 2.38. The highest BCUT2D eigenvalue weighted by Gasteiger charge is 2.24. The summed E-state index contributed by atoms with van der Waals surface area (Å²) in [5.74, 6) is -0.791. The number of hydrogen-bond donors (Lipinski definition) is 2. The normalized spacial score (nSPS) is 24.2. The van der Waals surface area contributed by atoms with Crippen LogP contribution in [0.4, 0.5) is 0 Å². The number of likely N-dealkylation sites (N-methyl/N-ethyl adjacent to an activating group) is 1. The van der Waals surface area contributed by atoms with E-state index in [4.69, 9.17) is 9.84 Å². The van der Waals surface area contributed by atoms with Gasteiger partial charge in [0.15, 0.2) is 0 Å². The smallest absolute Gasteiger partial charge is 0.322 e. The number of piperidine rings is 1. The molecule has 0 aliphatic carbocycles. The van der Waals surface area contributed by atoms with Gasteiger partial charge in [-0.05, 0) is 33.4 Å². The van der Waals surface area contributed by atoms with Gasteiger partial charge in [0.1, 0.15) is 6.04 Å². The Morgan fingerprint density at radius 2 is 2.44 bits per heavy atom. The van der Waals surface area contributed by atoms with E-state index in [-0.39, 0.29) is 6.10 Å². The standard InChI is InChI=1S/C11H22N2O3/c1-3-16-9-5-4-6-13(7-9)8-10(12-2)11(14)15/h9-10,12H,3-8H2,1-2H3,(H,14,15). The number of rotatable bonds is 6. The predicted octanol–water partition coefficient (Wildman–Crippen LogP) is 0.160. The molecule has 94 valence electrons. The number of carbonyl (C=O) groups is 1. The first-order valence-electron chi connectivity index (χ1n) is 5.91. The molecule has 0 saturated carbocycles. The quantitative estimate of drug-likeness (QED) is 0.680. The van der Waals surface area contributed by atoms with Crippen molar-refractivity contribution in [1.29, 1.82) is 0 Å². The van der Waals surface area contributed by atoms with Crippen LogP contribution in [-0.4, -0.2) is 61.4 Å². The third-order valence-electron chi connectivity index (χ3n) is 2.95. The molecule has 1 aliphatic rings. The van der Waals surface area contributed by atoms with Crippen LogP contribution in [0, 0.1) is 0 Å². The number of nitrogens with one attached hydrogen (secondary N) is 1. The molecule has 1 rings (SSSR count). The van der Waals surface area contributed by atoms with E-state index in [1.54, 1.807) is 7.05 Å². The first-order chi connectivity index (χ1) is 7.67. The molecule has 1 saturated heterocycles. The minimum absolute atomic E-state index is 0.269. The molecule has 1 fully saturated rings. The Morgan fingerprint density at radius 3 is 3.00 bits per heavy atom. The summed E-state index contributed by atoms with van der Waals surface area (Å²) < 4.78 is 5.58. The summed E-state index contributed by atoms with van der Waals surface area (Å²) in [6.07, 6.45) is 2.44. The fraction of sp³-hybridized carbons (Fsp3) is 0.909. The maximum atomic E-state index is 10.9. The molecule has 2 atom stereocenters. The van der Waals surface area contributed by atoms with Crippen molar-refractivity contribution in [3.63, 3.8) is 0 Å². The van der Waals surface area contributed by atoms with E-state index in [0.29, 0.717) is 6.54 Å². The van der Waals surface area contributed by atoms with E-state index >= 15 is 0 Å². The zero-order chi connectivity index (χ0) is 12.0. The highest BCUT2D eigenvalue weighted by molar-refractivity contribution is 5.73. The van der Waals surface area contributed by atoms with Crippen LogP contribution < -0.4 is 5.32 Å². The number of likely N-dealkylation sites (tertiary alicyclic amines) is 1. The minimum atomic E-state index is -0.791. The van der Waals surface area contributed by atoms with E-state index in [2.05, 4.69) is 10.2 Å². The first kappa shape index (κ1) is 13.4. The third kappa shape index (κ3) is 4.08. The van der Waals surface area contributed by atoms with Crippen LogP contribution >= 0.6 is 0 Å². The number of ether oxygens (including phenoxy) is 1. The second kappa shape index (κ2) is 6.83. The molecule has 0 radical (unpaired) electrons. The molecule has 0 aromatic carbocycles. The van der Waals surface area contributed by atoms with E-state index in [1.165, 1.54) is 0 Å².